The number of phenols is 1. The third-order valence-electron chi connectivity index (χ3n) is 5.69. The smallest absolute Gasteiger partial charge is 0.257 e. The van der Waals surface area contributed by atoms with Gasteiger partial charge in [-0.05, 0) is 35.7 Å². The Morgan fingerprint density at radius 2 is 1.91 bits per heavy atom. The summed E-state index contributed by atoms with van der Waals surface area (Å²) in [6, 6.07) is 10.4. The maximum atomic E-state index is 12.3. The van der Waals surface area contributed by atoms with Crippen molar-refractivity contribution >= 4 is 23.0 Å². The molecule has 0 fully saturated rings. The number of fused-ring (bicyclic) bond motifs is 1. The Bertz CT molecular complexity index is 1260. The van der Waals surface area contributed by atoms with Crippen molar-refractivity contribution in [2.45, 2.75) is 25.8 Å². The fourth-order valence-corrected chi connectivity index (χ4v) is 3.84. The average molecular weight is 435 g/mol. The second-order valence-electron chi connectivity index (χ2n) is 8.01. The summed E-state index contributed by atoms with van der Waals surface area (Å²) in [7, 11) is 3.16. The van der Waals surface area contributed by atoms with Gasteiger partial charge >= 0.3 is 0 Å². The van der Waals surface area contributed by atoms with E-state index in [4.69, 9.17) is 4.74 Å². The van der Waals surface area contributed by atoms with E-state index < -0.39 is 10.9 Å². The molecule has 1 aliphatic rings. The van der Waals surface area contributed by atoms with Gasteiger partial charge in [0, 0.05) is 20.5 Å². The zero-order chi connectivity index (χ0) is 23.0. The quantitative estimate of drug-likeness (QED) is 0.387. The maximum absolute atomic E-state index is 12.3. The topological polar surface area (TPSA) is 108 Å². The number of ether oxygens (including phenoxy) is 1. The summed E-state index contributed by atoms with van der Waals surface area (Å²) in [6.07, 6.45) is 1.56. The first-order valence-electron chi connectivity index (χ1n) is 10.5. The highest BCUT2D eigenvalue weighted by Crippen LogP contribution is 2.34. The first-order chi connectivity index (χ1) is 15.3. The van der Waals surface area contributed by atoms with Crippen molar-refractivity contribution in [1.82, 2.24) is 4.90 Å². The molecule has 0 aliphatic carbocycles. The molecule has 0 saturated carbocycles. The number of hydrogen-bond acceptors (Lipinski definition) is 7. The summed E-state index contributed by atoms with van der Waals surface area (Å²) in [5.74, 6) is 0.186. The van der Waals surface area contributed by atoms with Crippen molar-refractivity contribution in [3.8, 4) is 11.5 Å². The van der Waals surface area contributed by atoms with Crippen LogP contribution in [0.25, 0.3) is 0 Å². The van der Waals surface area contributed by atoms with Gasteiger partial charge in [-0.2, -0.15) is 0 Å². The van der Waals surface area contributed by atoms with Crippen molar-refractivity contribution < 1.29 is 14.6 Å². The minimum Gasteiger partial charge on any atom is -0.505 e. The van der Waals surface area contributed by atoms with Gasteiger partial charge in [-0.3, -0.25) is 14.4 Å². The Labute approximate surface area is 185 Å². The normalized spacial score (nSPS) is 13.3. The van der Waals surface area contributed by atoms with Crippen LogP contribution in [-0.2, 0) is 6.42 Å². The fraction of sp³-hybridized carbons (Fsp3) is 0.292. The number of phenolic OH excluding ortho intramolecular Hbond substituents is 1. The highest BCUT2D eigenvalue weighted by atomic mass is 16.5. The highest BCUT2D eigenvalue weighted by Gasteiger charge is 2.26. The van der Waals surface area contributed by atoms with Gasteiger partial charge in [0.25, 0.3) is 16.8 Å². The van der Waals surface area contributed by atoms with Crippen molar-refractivity contribution in [1.29, 1.82) is 0 Å². The molecule has 4 rings (SSSR count). The van der Waals surface area contributed by atoms with E-state index in [0.717, 1.165) is 23.3 Å². The fourth-order valence-electron chi connectivity index (χ4n) is 3.84. The molecule has 1 aliphatic heterocycles. The third kappa shape index (κ3) is 3.68. The lowest BCUT2D eigenvalue weighted by Crippen LogP contribution is -2.37. The first-order valence-corrected chi connectivity index (χ1v) is 10.5. The third-order valence-corrected chi connectivity index (χ3v) is 5.69. The molecule has 1 heterocycles. The molecule has 0 aromatic heterocycles. The number of para-hydroxylation sites is 1. The lowest BCUT2D eigenvalue weighted by molar-refractivity contribution is 0.0824. The predicted octanol–water partition coefficient (Wildman–Crippen LogP) is 2.93. The SMILES string of the molecule is CCC(Nc1c(Nc2cccc(C(=O)N(C)C)c2O)c(=O)c1=O)c1ccc2c(c1)OCC2. The molecule has 1 unspecified atom stereocenters. The average Bonchev–Trinajstić information content (AvgIpc) is 3.26. The van der Waals surface area contributed by atoms with E-state index in [2.05, 4.69) is 10.6 Å². The van der Waals surface area contributed by atoms with Crippen LogP contribution in [0.5, 0.6) is 11.5 Å². The second kappa shape index (κ2) is 8.37. The Morgan fingerprint density at radius 3 is 2.62 bits per heavy atom. The van der Waals surface area contributed by atoms with Gasteiger partial charge in [0.1, 0.15) is 17.1 Å². The molecule has 1 atom stereocenters. The number of amides is 1. The summed E-state index contributed by atoms with van der Waals surface area (Å²) in [4.78, 5) is 38.2. The Balaban J connectivity index is 1.61. The predicted molar refractivity (Wildman–Crippen MR) is 123 cm³/mol. The minimum atomic E-state index is -0.677. The first kappa shape index (κ1) is 21.4. The summed E-state index contributed by atoms with van der Waals surface area (Å²) >= 11 is 0. The Morgan fingerprint density at radius 1 is 1.16 bits per heavy atom. The van der Waals surface area contributed by atoms with E-state index >= 15 is 0 Å². The molecule has 0 spiro atoms. The van der Waals surface area contributed by atoms with Crippen LogP contribution in [0.4, 0.5) is 17.1 Å². The molecule has 8 nitrogen and oxygen atoms in total. The largest absolute Gasteiger partial charge is 0.505 e. The summed E-state index contributed by atoms with van der Waals surface area (Å²) in [6.45, 7) is 2.64. The molecule has 3 N–H and O–H groups in total. The van der Waals surface area contributed by atoms with Crippen LogP contribution >= 0.6 is 0 Å². The Hall–Kier alpha value is -3.81. The van der Waals surface area contributed by atoms with E-state index in [1.54, 1.807) is 20.2 Å². The number of carbonyl (C=O) groups excluding carboxylic acids is 1. The van der Waals surface area contributed by atoms with Crippen LogP contribution in [0.15, 0.2) is 46.0 Å². The lowest BCUT2D eigenvalue weighted by Gasteiger charge is -2.23. The maximum Gasteiger partial charge on any atom is 0.257 e. The highest BCUT2D eigenvalue weighted by molar-refractivity contribution is 5.99. The molecule has 3 aromatic carbocycles. The minimum absolute atomic E-state index is 0.0654. The number of anilines is 3. The lowest BCUT2D eigenvalue weighted by atomic mass is 10.0. The number of rotatable bonds is 7. The molecule has 0 radical (unpaired) electrons. The summed E-state index contributed by atoms with van der Waals surface area (Å²) < 4.78 is 5.65. The van der Waals surface area contributed by atoms with Gasteiger partial charge < -0.3 is 25.4 Å². The van der Waals surface area contributed by atoms with E-state index in [1.165, 1.54) is 17.0 Å². The van der Waals surface area contributed by atoms with Gasteiger partial charge in [0.2, 0.25) is 0 Å². The van der Waals surface area contributed by atoms with E-state index in [1.807, 2.05) is 25.1 Å². The molecule has 3 aromatic rings. The summed E-state index contributed by atoms with van der Waals surface area (Å²) in [5, 5.41) is 16.6. The molecule has 0 bridgehead atoms. The zero-order valence-corrected chi connectivity index (χ0v) is 18.2. The van der Waals surface area contributed by atoms with Crippen molar-refractivity contribution in [3.63, 3.8) is 0 Å². The van der Waals surface area contributed by atoms with Gasteiger partial charge in [-0.25, -0.2) is 0 Å². The molecular weight excluding hydrogens is 410 g/mol. The molecule has 32 heavy (non-hydrogen) atoms. The van der Waals surface area contributed by atoms with Crippen LogP contribution in [0.1, 0.15) is 40.9 Å². The van der Waals surface area contributed by atoms with Crippen LogP contribution in [0.3, 0.4) is 0 Å². The van der Waals surface area contributed by atoms with Gasteiger partial charge in [0.15, 0.2) is 5.75 Å². The van der Waals surface area contributed by atoms with Crippen LogP contribution in [0, 0.1) is 0 Å². The second-order valence-corrected chi connectivity index (χ2v) is 8.01. The number of nitrogens with one attached hydrogen (secondary N) is 2. The molecule has 0 saturated heterocycles. The molecule has 1 amide bonds. The van der Waals surface area contributed by atoms with Crippen molar-refractivity contribution in [2.75, 3.05) is 31.3 Å². The van der Waals surface area contributed by atoms with E-state index in [-0.39, 0.29) is 40.3 Å². The molecular formula is C24H25N3O5. The van der Waals surface area contributed by atoms with E-state index in [0.29, 0.717) is 13.0 Å². The summed E-state index contributed by atoms with van der Waals surface area (Å²) in [5.41, 5.74) is 1.30. The standard InChI is InChI=1S/C24H25N3O5/c1-4-16(14-9-8-13-10-11-32-18(13)12-14)25-19-20(23(30)22(19)29)26-17-7-5-6-15(21(17)28)24(31)27(2)3/h5-9,12,16,25-26,28H,4,10-11H2,1-3H3. The molecule has 8 heteroatoms. The van der Waals surface area contributed by atoms with Crippen LogP contribution in [-0.4, -0.2) is 36.6 Å². The zero-order valence-electron chi connectivity index (χ0n) is 18.2. The van der Waals surface area contributed by atoms with Crippen LogP contribution < -0.4 is 26.2 Å². The number of carbonyl (C=O) groups is 1. The number of aromatic hydroxyl groups is 1. The Kier molecular flexibility index (Phi) is 5.61. The van der Waals surface area contributed by atoms with E-state index in [9.17, 15) is 19.5 Å². The molecule has 166 valence electrons. The van der Waals surface area contributed by atoms with Crippen LogP contribution in [0.2, 0.25) is 0 Å². The monoisotopic (exact) mass is 435 g/mol. The number of hydrogen-bond donors (Lipinski definition) is 3. The number of nitrogens with zero attached hydrogens (tertiary/aromatic N) is 1. The van der Waals surface area contributed by atoms with Gasteiger partial charge in [0.05, 0.1) is 23.9 Å². The van der Waals surface area contributed by atoms with Gasteiger partial charge in [-0.1, -0.05) is 25.1 Å². The number of benzene rings is 2. The van der Waals surface area contributed by atoms with Crippen molar-refractivity contribution in [2.24, 2.45) is 0 Å². The van der Waals surface area contributed by atoms with Crippen molar-refractivity contribution in [3.05, 3.63) is 73.5 Å². The van der Waals surface area contributed by atoms with Gasteiger partial charge in [-0.15, -0.1) is 0 Å².